The molecule has 24 heavy (non-hydrogen) atoms. The van der Waals surface area contributed by atoms with Crippen LogP contribution < -0.4 is 0 Å². The molecular weight excluding hydrogens is 313 g/mol. The van der Waals surface area contributed by atoms with Crippen LogP contribution in [0.4, 0.5) is 13.2 Å². The summed E-state index contributed by atoms with van der Waals surface area (Å²) in [6, 6.07) is 16.5. The summed E-state index contributed by atoms with van der Waals surface area (Å²) in [5.74, 6) is -1.12. The summed E-state index contributed by atoms with van der Waals surface area (Å²) < 4.78 is 39.4. The minimum absolute atomic E-state index is 0.293. The predicted octanol–water partition coefficient (Wildman–Crippen LogP) is 5.45. The van der Waals surface area contributed by atoms with Crippen LogP contribution in [0.15, 0.2) is 54.6 Å². The van der Waals surface area contributed by atoms with E-state index in [1.807, 2.05) is 49.4 Å². The fraction of sp³-hybridized carbons (Fsp3) is 0.158. The van der Waals surface area contributed by atoms with Gasteiger partial charge in [0.1, 0.15) is 0 Å². The van der Waals surface area contributed by atoms with E-state index in [4.69, 9.17) is 0 Å². The Hall–Kier alpha value is -2.69. The normalized spacial score (nSPS) is 11.5. The number of rotatable bonds is 2. The fourth-order valence-electron chi connectivity index (χ4n) is 2.57. The summed E-state index contributed by atoms with van der Waals surface area (Å²) in [6.07, 6.45) is -4.58. The third-order valence-corrected chi connectivity index (χ3v) is 3.73. The van der Waals surface area contributed by atoms with Crippen LogP contribution in [0.25, 0.3) is 22.4 Å². The molecule has 3 rings (SSSR count). The highest BCUT2D eigenvalue weighted by Gasteiger charge is 2.36. The quantitative estimate of drug-likeness (QED) is 0.625. The molecule has 0 spiro atoms. The number of hydrogen-bond acceptors (Lipinski definition) is 2. The summed E-state index contributed by atoms with van der Waals surface area (Å²) in [6.45, 7) is 3.51. The maximum atomic E-state index is 13.1. The van der Waals surface area contributed by atoms with Crippen molar-refractivity contribution in [2.45, 2.75) is 20.0 Å². The largest absolute Gasteiger partial charge is 0.451 e. The molecule has 0 fully saturated rings. The Morgan fingerprint density at radius 3 is 1.96 bits per heavy atom. The van der Waals surface area contributed by atoms with Crippen molar-refractivity contribution in [3.8, 4) is 22.4 Å². The molecule has 0 aliphatic carbocycles. The first-order valence-corrected chi connectivity index (χ1v) is 7.44. The SMILES string of the molecule is Cc1ccc(-c2nc(C(F)(F)F)nc(C)c2-c2ccccc2)cc1. The molecule has 0 unspecified atom stereocenters. The monoisotopic (exact) mass is 328 g/mol. The van der Waals surface area contributed by atoms with E-state index in [2.05, 4.69) is 9.97 Å². The van der Waals surface area contributed by atoms with E-state index in [1.165, 1.54) is 0 Å². The number of alkyl halides is 3. The van der Waals surface area contributed by atoms with Crippen LogP contribution in [-0.2, 0) is 6.18 Å². The summed E-state index contributed by atoms with van der Waals surface area (Å²) in [7, 11) is 0. The Morgan fingerprint density at radius 1 is 0.750 bits per heavy atom. The zero-order valence-corrected chi connectivity index (χ0v) is 13.2. The maximum absolute atomic E-state index is 13.1. The number of halogens is 3. The minimum atomic E-state index is -4.58. The van der Waals surface area contributed by atoms with Gasteiger partial charge in [-0.2, -0.15) is 13.2 Å². The number of nitrogens with zero attached hydrogens (tertiary/aromatic N) is 2. The van der Waals surface area contributed by atoms with Crippen LogP contribution in [0, 0.1) is 13.8 Å². The van der Waals surface area contributed by atoms with E-state index in [9.17, 15) is 13.2 Å². The zero-order chi connectivity index (χ0) is 17.3. The molecule has 0 aliphatic heterocycles. The lowest BCUT2D eigenvalue weighted by atomic mass is 9.97. The first-order valence-electron chi connectivity index (χ1n) is 7.44. The van der Waals surface area contributed by atoms with E-state index in [0.717, 1.165) is 11.1 Å². The molecule has 0 saturated carbocycles. The van der Waals surface area contributed by atoms with E-state index < -0.39 is 12.0 Å². The molecule has 2 nitrogen and oxygen atoms in total. The Morgan fingerprint density at radius 2 is 1.38 bits per heavy atom. The van der Waals surface area contributed by atoms with Crippen LogP contribution in [0.1, 0.15) is 17.1 Å². The van der Waals surface area contributed by atoms with E-state index in [-0.39, 0.29) is 0 Å². The smallest absolute Gasteiger partial charge is 0.229 e. The molecule has 1 aromatic heterocycles. The lowest BCUT2D eigenvalue weighted by Gasteiger charge is -2.15. The topological polar surface area (TPSA) is 25.8 Å². The van der Waals surface area contributed by atoms with Gasteiger partial charge in [0, 0.05) is 16.8 Å². The molecule has 0 atom stereocenters. The van der Waals surface area contributed by atoms with Crippen LogP contribution in [0.3, 0.4) is 0 Å². The highest BCUT2D eigenvalue weighted by atomic mass is 19.4. The molecule has 122 valence electrons. The van der Waals surface area contributed by atoms with Crippen molar-refractivity contribution >= 4 is 0 Å². The minimum Gasteiger partial charge on any atom is -0.229 e. The van der Waals surface area contributed by atoms with Crippen molar-refractivity contribution < 1.29 is 13.2 Å². The predicted molar refractivity (Wildman–Crippen MR) is 87.4 cm³/mol. The van der Waals surface area contributed by atoms with E-state index >= 15 is 0 Å². The first kappa shape index (κ1) is 16.2. The second-order valence-corrected chi connectivity index (χ2v) is 5.59. The van der Waals surface area contributed by atoms with Crippen LogP contribution in [0.5, 0.6) is 0 Å². The van der Waals surface area contributed by atoms with Gasteiger partial charge in [0.05, 0.1) is 5.69 Å². The van der Waals surface area contributed by atoms with Crippen molar-refractivity contribution in [1.82, 2.24) is 9.97 Å². The van der Waals surface area contributed by atoms with Crippen LogP contribution in [0.2, 0.25) is 0 Å². The molecule has 0 saturated heterocycles. The third-order valence-electron chi connectivity index (χ3n) is 3.73. The first-order chi connectivity index (χ1) is 11.4. The molecule has 0 bridgehead atoms. The third kappa shape index (κ3) is 3.15. The standard InChI is InChI=1S/C19H15F3N2/c1-12-8-10-15(11-9-12)17-16(14-6-4-3-5-7-14)13(2)23-18(24-17)19(20,21)22/h3-11H,1-2H3. The molecular formula is C19H15F3N2. The fourth-order valence-corrected chi connectivity index (χ4v) is 2.57. The molecule has 3 aromatic rings. The van der Waals surface area contributed by atoms with Gasteiger partial charge in [-0.25, -0.2) is 9.97 Å². The number of hydrogen-bond donors (Lipinski definition) is 0. The van der Waals surface area contributed by atoms with Crippen LogP contribution in [-0.4, -0.2) is 9.97 Å². The second kappa shape index (κ2) is 6.07. The Balaban J connectivity index is 2.30. The van der Waals surface area contributed by atoms with Gasteiger partial charge in [-0.05, 0) is 19.4 Å². The highest BCUT2D eigenvalue weighted by molar-refractivity contribution is 5.82. The number of aromatic nitrogens is 2. The van der Waals surface area contributed by atoms with Crippen molar-refractivity contribution in [3.05, 3.63) is 71.7 Å². The lowest BCUT2D eigenvalue weighted by molar-refractivity contribution is -0.145. The Labute approximate surface area is 138 Å². The number of aryl methyl sites for hydroxylation is 2. The molecule has 5 heteroatoms. The summed E-state index contributed by atoms with van der Waals surface area (Å²) in [5, 5.41) is 0. The molecule has 0 radical (unpaired) electrons. The van der Waals surface area contributed by atoms with Gasteiger partial charge in [0.25, 0.3) is 0 Å². The molecule has 2 aromatic carbocycles. The average molecular weight is 328 g/mol. The van der Waals surface area contributed by atoms with Gasteiger partial charge in [-0.15, -0.1) is 0 Å². The van der Waals surface area contributed by atoms with Crippen molar-refractivity contribution in [2.75, 3.05) is 0 Å². The van der Waals surface area contributed by atoms with Crippen molar-refractivity contribution in [1.29, 1.82) is 0 Å². The lowest BCUT2D eigenvalue weighted by Crippen LogP contribution is -2.13. The van der Waals surface area contributed by atoms with E-state index in [1.54, 1.807) is 19.1 Å². The maximum Gasteiger partial charge on any atom is 0.451 e. The van der Waals surface area contributed by atoms with Gasteiger partial charge >= 0.3 is 6.18 Å². The van der Waals surface area contributed by atoms with Crippen molar-refractivity contribution in [2.24, 2.45) is 0 Å². The molecule has 0 amide bonds. The van der Waals surface area contributed by atoms with Crippen molar-refractivity contribution in [3.63, 3.8) is 0 Å². The summed E-state index contributed by atoms with van der Waals surface area (Å²) in [4.78, 5) is 7.53. The van der Waals surface area contributed by atoms with Gasteiger partial charge < -0.3 is 0 Å². The van der Waals surface area contributed by atoms with Gasteiger partial charge in [-0.3, -0.25) is 0 Å². The van der Waals surface area contributed by atoms with E-state index in [0.29, 0.717) is 22.5 Å². The van der Waals surface area contributed by atoms with Gasteiger partial charge in [0.15, 0.2) is 0 Å². The Bertz CT molecular complexity index is 854. The summed E-state index contributed by atoms with van der Waals surface area (Å²) in [5.41, 5.74) is 3.67. The Kier molecular flexibility index (Phi) is 4.09. The van der Waals surface area contributed by atoms with Crippen LogP contribution >= 0.6 is 0 Å². The van der Waals surface area contributed by atoms with Gasteiger partial charge in [0.2, 0.25) is 5.82 Å². The molecule has 0 N–H and O–H groups in total. The number of benzene rings is 2. The average Bonchev–Trinajstić information content (AvgIpc) is 2.55. The summed E-state index contributed by atoms with van der Waals surface area (Å²) >= 11 is 0. The van der Waals surface area contributed by atoms with Gasteiger partial charge in [-0.1, -0.05) is 60.2 Å². The zero-order valence-electron chi connectivity index (χ0n) is 13.2. The highest BCUT2D eigenvalue weighted by Crippen LogP contribution is 2.36. The molecule has 1 heterocycles. The second-order valence-electron chi connectivity index (χ2n) is 5.59. The molecule has 0 aliphatic rings.